The molecule has 2 aromatic carbocycles. The highest BCUT2D eigenvalue weighted by Crippen LogP contribution is 2.25. The van der Waals surface area contributed by atoms with Crippen molar-refractivity contribution in [2.24, 2.45) is 0 Å². The van der Waals surface area contributed by atoms with Gasteiger partial charge in [0, 0.05) is 17.3 Å². The molecular weight excluding hydrogens is 525 g/mol. The summed E-state index contributed by atoms with van der Waals surface area (Å²) >= 11 is 5.89. The van der Waals surface area contributed by atoms with Crippen LogP contribution in [-0.2, 0) is 13.1 Å². The molecule has 2 heterocycles. The lowest BCUT2D eigenvalue weighted by atomic mass is 10.1. The van der Waals surface area contributed by atoms with Gasteiger partial charge in [0.15, 0.2) is 29.4 Å². The third kappa shape index (κ3) is 5.58. The molecule has 0 unspecified atom stereocenters. The van der Waals surface area contributed by atoms with Crippen molar-refractivity contribution in [3.8, 4) is 16.9 Å². The fourth-order valence-electron chi connectivity index (χ4n) is 3.61. The summed E-state index contributed by atoms with van der Waals surface area (Å²) in [5.74, 6) is -2.33. The number of aromatic nitrogens is 5. The fourth-order valence-corrected chi connectivity index (χ4v) is 3.74. The first-order chi connectivity index (χ1) is 17.3. The molecule has 0 radical (unpaired) electrons. The van der Waals surface area contributed by atoms with E-state index in [1.807, 2.05) is 0 Å². The first-order valence-corrected chi connectivity index (χ1v) is 11.1. The standard InChI is InChI=1S/C23H19ClF5N5O3/c1-12(35)21-30-20(31-34(21)15-6-7-16(25)17(26)8-15)11-32-9-18(13-2-4-14(24)5-3-13)33(22(32)37)10-19(36)23(27,28)29/h2-9,12,19,35-36H,10-11H2,1H3/t12-,19-/m0/s1. The molecule has 8 nitrogen and oxygen atoms in total. The predicted molar refractivity (Wildman–Crippen MR) is 122 cm³/mol. The molecule has 0 aliphatic rings. The second-order valence-electron chi connectivity index (χ2n) is 8.17. The smallest absolute Gasteiger partial charge is 0.385 e. The summed E-state index contributed by atoms with van der Waals surface area (Å²) in [4.78, 5) is 17.3. The van der Waals surface area contributed by atoms with Crippen LogP contribution in [0.15, 0.2) is 53.5 Å². The zero-order valence-corrected chi connectivity index (χ0v) is 19.8. The maximum absolute atomic E-state index is 13.8. The number of benzene rings is 2. The zero-order chi connectivity index (χ0) is 27.1. The van der Waals surface area contributed by atoms with E-state index in [2.05, 4.69) is 10.1 Å². The molecule has 196 valence electrons. The van der Waals surface area contributed by atoms with E-state index in [-0.39, 0.29) is 29.6 Å². The van der Waals surface area contributed by atoms with Crippen LogP contribution < -0.4 is 5.69 Å². The fraction of sp³-hybridized carbons (Fsp3) is 0.261. The van der Waals surface area contributed by atoms with Crippen molar-refractivity contribution >= 4 is 11.6 Å². The van der Waals surface area contributed by atoms with E-state index in [0.29, 0.717) is 10.6 Å². The van der Waals surface area contributed by atoms with Gasteiger partial charge in [0.2, 0.25) is 0 Å². The Kier molecular flexibility index (Phi) is 7.22. The molecule has 0 saturated heterocycles. The van der Waals surface area contributed by atoms with Gasteiger partial charge >= 0.3 is 11.9 Å². The van der Waals surface area contributed by atoms with Crippen LogP contribution in [0.25, 0.3) is 16.9 Å². The van der Waals surface area contributed by atoms with Crippen LogP contribution in [0.1, 0.15) is 24.7 Å². The zero-order valence-electron chi connectivity index (χ0n) is 19.0. The van der Waals surface area contributed by atoms with Crippen LogP contribution in [0.5, 0.6) is 0 Å². The monoisotopic (exact) mass is 543 g/mol. The Bertz CT molecular complexity index is 1480. The van der Waals surface area contributed by atoms with Gasteiger partial charge in [-0.25, -0.2) is 23.2 Å². The molecule has 4 rings (SSSR count). The Hall–Kier alpha value is -3.55. The molecule has 0 amide bonds. The van der Waals surface area contributed by atoms with Crippen LogP contribution in [0.3, 0.4) is 0 Å². The van der Waals surface area contributed by atoms with Gasteiger partial charge in [0.25, 0.3) is 0 Å². The SMILES string of the molecule is C[C@H](O)c1nc(Cn2cc(-c3ccc(Cl)cc3)n(C[C@H](O)C(F)(F)F)c2=O)nn1-c1ccc(F)c(F)c1. The highest BCUT2D eigenvalue weighted by atomic mass is 35.5. The summed E-state index contributed by atoms with van der Waals surface area (Å²) in [6, 6.07) is 8.90. The number of nitrogens with zero attached hydrogens (tertiary/aromatic N) is 5. The molecule has 0 aliphatic carbocycles. The molecule has 2 atom stereocenters. The molecule has 0 spiro atoms. The molecule has 0 fully saturated rings. The molecule has 2 aromatic heterocycles. The minimum absolute atomic E-state index is 0.0427. The number of rotatable bonds is 7. The Morgan fingerprint density at radius 2 is 1.73 bits per heavy atom. The van der Waals surface area contributed by atoms with Crippen molar-refractivity contribution in [3.63, 3.8) is 0 Å². The van der Waals surface area contributed by atoms with Gasteiger partial charge in [0.1, 0.15) is 6.10 Å². The lowest BCUT2D eigenvalue weighted by Gasteiger charge is -2.16. The largest absolute Gasteiger partial charge is 0.416 e. The van der Waals surface area contributed by atoms with Crippen molar-refractivity contribution in [1.82, 2.24) is 23.9 Å². The van der Waals surface area contributed by atoms with Gasteiger partial charge in [-0.2, -0.15) is 13.2 Å². The van der Waals surface area contributed by atoms with E-state index in [1.54, 1.807) is 0 Å². The van der Waals surface area contributed by atoms with Crippen LogP contribution in [0.4, 0.5) is 22.0 Å². The third-order valence-corrected chi connectivity index (χ3v) is 5.68. The summed E-state index contributed by atoms with van der Waals surface area (Å²) in [6.07, 6.45) is -7.69. The van der Waals surface area contributed by atoms with E-state index in [9.17, 15) is 37.0 Å². The second kappa shape index (κ2) is 10.1. The van der Waals surface area contributed by atoms with Gasteiger partial charge in [0.05, 0.1) is 24.5 Å². The van der Waals surface area contributed by atoms with Crippen LogP contribution in [0.2, 0.25) is 5.02 Å². The van der Waals surface area contributed by atoms with E-state index >= 15 is 0 Å². The first-order valence-electron chi connectivity index (χ1n) is 10.7. The summed E-state index contributed by atoms with van der Waals surface area (Å²) in [5, 5.41) is 24.3. The summed E-state index contributed by atoms with van der Waals surface area (Å²) in [7, 11) is 0. The minimum Gasteiger partial charge on any atom is -0.385 e. The second-order valence-corrected chi connectivity index (χ2v) is 8.61. The highest BCUT2D eigenvalue weighted by molar-refractivity contribution is 6.30. The maximum Gasteiger partial charge on any atom is 0.416 e. The maximum atomic E-state index is 13.8. The molecule has 37 heavy (non-hydrogen) atoms. The Morgan fingerprint density at radius 3 is 2.32 bits per heavy atom. The summed E-state index contributed by atoms with van der Waals surface area (Å²) in [5.41, 5.74) is -0.412. The Morgan fingerprint density at radius 1 is 1.05 bits per heavy atom. The number of aliphatic hydroxyl groups is 2. The van der Waals surface area contributed by atoms with Crippen molar-refractivity contribution < 1.29 is 32.2 Å². The first kappa shape index (κ1) is 26.5. The van der Waals surface area contributed by atoms with Crippen LogP contribution >= 0.6 is 11.6 Å². The van der Waals surface area contributed by atoms with Crippen LogP contribution in [-0.4, -0.2) is 46.4 Å². The number of aliphatic hydroxyl groups excluding tert-OH is 2. The average molecular weight is 544 g/mol. The van der Waals surface area contributed by atoms with E-state index < -0.39 is 42.3 Å². The van der Waals surface area contributed by atoms with Gasteiger partial charge in [-0.05, 0) is 36.8 Å². The quantitative estimate of drug-likeness (QED) is 0.345. The molecule has 0 bridgehead atoms. The van der Waals surface area contributed by atoms with E-state index in [4.69, 9.17) is 11.6 Å². The molecule has 2 N–H and O–H groups in total. The van der Waals surface area contributed by atoms with Gasteiger partial charge in [-0.3, -0.25) is 9.13 Å². The van der Waals surface area contributed by atoms with Gasteiger partial charge < -0.3 is 10.2 Å². The van der Waals surface area contributed by atoms with Crippen molar-refractivity contribution in [2.75, 3.05) is 0 Å². The number of alkyl halides is 3. The van der Waals surface area contributed by atoms with Gasteiger partial charge in [-0.1, -0.05) is 23.7 Å². The summed E-state index contributed by atoms with van der Waals surface area (Å²) in [6.45, 7) is -0.0438. The number of imidazole rings is 1. The number of halogens is 6. The minimum atomic E-state index is -4.96. The molecule has 4 aromatic rings. The average Bonchev–Trinajstić information content (AvgIpc) is 3.38. The molecule has 14 heteroatoms. The van der Waals surface area contributed by atoms with Crippen molar-refractivity contribution in [2.45, 2.75) is 38.4 Å². The summed E-state index contributed by atoms with van der Waals surface area (Å²) < 4.78 is 69.2. The van der Waals surface area contributed by atoms with E-state index in [1.165, 1.54) is 43.5 Å². The lowest BCUT2D eigenvalue weighted by Crippen LogP contribution is -2.37. The van der Waals surface area contributed by atoms with Crippen molar-refractivity contribution in [1.29, 1.82) is 0 Å². The normalized spacial score (nSPS) is 13.6. The predicted octanol–water partition coefficient (Wildman–Crippen LogP) is 3.85. The van der Waals surface area contributed by atoms with Crippen LogP contribution in [0, 0.1) is 11.6 Å². The topological polar surface area (TPSA) is 98.1 Å². The number of hydrogen-bond donors (Lipinski definition) is 2. The lowest BCUT2D eigenvalue weighted by molar-refractivity contribution is -0.207. The van der Waals surface area contributed by atoms with Gasteiger partial charge in [-0.15, -0.1) is 5.10 Å². The molecule has 0 aliphatic heterocycles. The van der Waals surface area contributed by atoms with E-state index in [0.717, 1.165) is 25.9 Å². The Balaban J connectivity index is 1.77. The third-order valence-electron chi connectivity index (χ3n) is 5.43. The number of hydrogen-bond acceptors (Lipinski definition) is 5. The molecule has 0 saturated carbocycles. The molecular formula is C23H19ClF5N5O3. The highest BCUT2D eigenvalue weighted by Gasteiger charge is 2.39. The Labute approximate surface area is 210 Å². The van der Waals surface area contributed by atoms with Crippen molar-refractivity contribution in [3.05, 3.63) is 87.5 Å².